The third-order valence-electron chi connectivity index (χ3n) is 1.09. The monoisotopic (exact) mass is 157 g/mol. The number of aromatic carboxylic acids is 1. The molecular formula is C6H7NO2S. The maximum absolute atomic E-state index is 10.3. The van der Waals surface area contributed by atoms with Crippen LogP contribution in [-0.2, 0) is 0 Å². The van der Waals surface area contributed by atoms with E-state index in [0.29, 0.717) is 5.56 Å². The molecule has 1 aromatic rings. The molecule has 1 aromatic heterocycles. The molecule has 0 radical (unpaired) electrons. The van der Waals surface area contributed by atoms with E-state index in [1.165, 1.54) is 11.3 Å². The van der Waals surface area contributed by atoms with Crippen molar-refractivity contribution in [2.45, 2.75) is 0 Å². The van der Waals surface area contributed by atoms with Crippen LogP contribution in [0.2, 0.25) is 0 Å². The summed E-state index contributed by atoms with van der Waals surface area (Å²) in [5.41, 5.74) is 0.342. The van der Waals surface area contributed by atoms with E-state index in [2.05, 4.69) is 5.32 Å². The van der Waals surface area contributed by atoms with E-state index >= 15 is 0 Å². The van der Waals surface area contributed by atoms with Crippen molar-refractivity contribution in [3.63, 3.8) is 0 Å². The highest BCUT2D eigenvalue weighted by Crippen LogP contribution is 2.18. The molecule has 1 rings (SSSR count). The summed E-state index contributed by atoms with van der Waals surface area (Å²) in [5.74, 6) is -0.877. The number of carbonyl (C=O) groups is 1. The zero-order chi connectivity index (χ0) is 7.56. The molecule has 0 aliphatic heterocycles. The van der Waals surface area contributed by atoms with Crippen LogP contribution in [0.25, 0.3) is 0 Å². The molecule has 0 amide bonds. The van der Waals surface area contributed by atoms with E-state index in [4.69, 9.17) is 5.11 Å². The summed E-state index contributed by atoms with van der Waals surface area (Å²) in [5, 5.41) is 13.8. The van der Waals surface area contributed by atoms with Crippen LogP contribution < -0.4 is 5.32 Å². The van der Waals surface area contributed by atoms with Crippen molar-refractivity contribution in [1.82, 2.24) is 0 Å². The standard InChI is InChI=1S/C6H7NO2S/c1-7-5-2-4(3-10-5)6(8)9/h2-3,7H,1H3,(H,8,9). The molecule has 0 aliphatic carbocycles. The molecular weight excluding hydrogens is 150 g/mol. The lowest BCUT2D eigenvalue weighted by Gasteiger charge is -1.87. The first-order chi connectivity index (χ1) is 4.74. The van der Waals surface area contributed by atoms with Gasteiger partial charge in [0.15, 0.2) is 0 Å². The third kappa shape index (κ3) is 1.27. The minimum absolute atomic E-state index is 0.342. The fourth-order valence-corrected chi connectivity index (χ4v) is 1.32. The Morgan fingerprint density at radius 2 is 2.50 bits per heavy atom. The van der Waals surface area contributed by atoms with E-state index in [9.17, 15) is 4.79 Å². The minimum atomic E-state index is -0.877. The highest BCUT2D eigenvalue weighted by Gasteiger charge is 2.03. The Balaban J connectivity index is 2.88. The van der Waals surface area contributed by atoms with Gasteiger partial charge in [0.05, 0.1) is 10.6 Å². The molecule has 0 aromatic carbocycles. The summed E-state index contributed by atoms with van der Waals surface area (Å²) in [6.45, 7) is 0. The summed E-state index contributed by atoms with van der Waals surface area (Å²) < 4.78 is 0. The average molecular weight is 157 g/mol. The van der Waals surface area contributed by atoms with Crippen LogP contribution in [-0.4, -0.2) is 18.1 Å². The molecule has 0 spiro atoms. The van der Waals surface area contributed by atoms with Gasteiger partial charge in [-0.3, -0.25) is 0 Å². The van der Waals surface area contributed by atoms with Crippen LogP contribution in [0.4, 0.5) is 5.00 Å². The fourth-order valence-electron chi connectivity index (χ4n) is 0.579. The first-order valence-corrected chi connectivity index (χ1v) is 3.61. The normalized spacial score (nSPS) is 9.30. The Labute approximate surface area is 62.3 Å². The van der Waals surface area contributed by atoms with E-state index in [-0.39, 0.29) is 0 Å². The van der Waals surface area contributed by atoms with E-state index in [1.54, 1.807) is 18.5 Å². The van der Waals surface area contributed by atoms with Crippen LogP contribution in [0.5, 0.6) is 0 Å². The molecule has 0 saturated heterocycles. The second kappa shape index (κ2) is 2.70. The number of nitrogens with one attached hydrogen (secondary N) is 1. The fraction of sp³-hybridized carbons (Fsp3) is 0.167. The van der Waals surface area contributed by atoms with Crippen molar-refractivity contribution in [2.24, 2.45) is 0 Å². The molecule has 54 valence electrons. The zero-order valence-corrected chi connectivity index (χ0v) is 6.23. The van der Waals surface area contributed by atoms with Crippen LogP contribution in [0, 0.1) is 0 Å². The minimum Gasteiger partial charge on any atom is -0.478 e. The van der Waals surface area contributed by atoms with Crippen molar-refractivity contribution < 1.29 is 9.90 Å². The Morgan fingerprint density at radius 1 is 1.80 bits per heavy atom. The Hall–Kier alpha value is -1.03. The number of anilines is 1. The third-order valence-corrected chi connectivity index (χ3v) is 2.04. The van der Waals surface area contributed by atoms with Crippen LogP contribution in [0.1, 0.15) is 10.4 Å². The van der Waals surface area contributed by atoms with Crippen LogP contribution >= 0.6 is 11.3 Å². The molecule has 2 N–H and O–H groups in total. The van der Waals surface area contributed by atoms with Gasteiger partial charge in [0, 0.05) is 12.4 Å². The highest BCUT2D eigenvalue weighted by molar-refractivity contribution is 7.14. The number of hydrogen-bond acceptors (Lipinski definition) is 3. The smallest absolute Gasteiger partial charge is 0.336 e. The average Bonchev–Trinajstić information content (AvgIpc) is 2.34. The lowest BCUT2D eigenvalue weighted by atomic mass is 10.3. The van der Waals surface area contributed by atoms with Gasteiger partial charge in [-0.1, -0.05) is 0 Å². The summed E-state index contributed by atoms with van der Waals surface area (Å²) in [6, 6.07) is 1.60. The van der Waals surface area contributed by atoms with Gasteiger partial charge in [0.25, 0.3) is 0 Å². The molecule has 10 heavy (non-hydrogen) atoms. The molecule has 1 heterocycles. The Morgan fingerprint density at radius 3 is 2.80 bits per heavy atom. The zero-order valence-electron chi connectivity index (χ0n) is 5.42. The Kier molecular flexibility index (Phi) is 1.91. The van der Waals surface area contributed by atoms with Crippen LogP contribution in [0.15, 0.2) is 11.4 Å². The number of hydrogen-bond donors (Lipinski definition) is 2. The Bertz CT molecular complexity index is 244. The van der Waals surface area contributed by atoms with E-state index < -0.39 is 5.97 Å². The largest absolute Gasteiger partial charge is 0.478 e. The van der Waals surface area contributed by atoms with Gasteiger partial charge in [-0.15, -0.1) is 11.3 Å². The topological polar surface area (TPSA) is 49.3 Å². The SMILES string of the molecule is CNc1cc(C(=O)O)cs1. The van der Waals surface area contributed by atoms with Crippen molar-refractivity contribution in [3.05, 3.63) is 17.0 Å². The van der Waals surface area contributed by atoms with Gasteiger partial charge in [-0.2, -0.15) is 0 Å². The molecule has 0 aliphatic rings. The van der Waals surface area contributed by atoms with Gasteiger partial charge in [-0.25, -0.2) is 4.79 Å². The first kappa shape index (κ1) is 7.08. The summed E-state index contributed by atoms with van der Waals surface area (Å²) >= 11 is 1.39. The molecule has 0 bridgehead atoms. The van der Waals surface area contributed by atoms with E-state index in [1.807, 2.05) is 0 Å². The maximum atomic E-state index is 10.3. The van der Waals surface area contributed by atoms with Gasteiger partial charge in [-0.05, 0) is 6.07 Å². The summed E-state index contributed by atoms with van der Waals surface area (Å²) in [4.78, 5) is 10.3. The number of carboxylic acid groups (broad SMARTS) is 1. The molecule has 0 atom stereocenters. The van der Waals surface area contributed by atoms with Crippen molar-refractivity contribution in [2.75, 3.05) is 12.4 Å². The quantitative estimate of drug-likeness (QED) is 0.683. The number of carboxylic acids is 1. The molecule has 3 nitrogen and oxygen atoms in total. The highest BCUT2D eigenvalue weighted by atomic mass is 32.1. The van der Waals surface area contributed by atoms with Crippen LogP contribution in [0.3, 0.4) is 0 Å². The lowest BCUT2D eigenvalue weighted by molar-refractivity contribution is 0.0697. The van der Waals surface area contributed by atoms with Gasteiger partial charge in [0.1, 0.15) is 0 Å². The van der Waals surface area contributed by atoms with E-state index in [0.717, 1.165) is 5.00 Å². The van der Waals surface area contributed by atoms with Gasteiger partial charge < -0.3 is 10.4 Å². The second-order valence-corrected chi connectivity index (χ2v) is 2.67. The molecule has 4 heteroatoms. The summed E-state index contributed by atoms with van der Waals surface area (Å²) in [6.07, 6.45) is 0. The lowest BCUT2D eigenvalue weighted by Crippen LogP contribution is -1.92. The predicted molar refractivity (Wildman–Crippen MR) is 40.8 cm³/mol. The predicted octanol–water partition coefficient (Wildman–Crippen LogP) is 1.49. The summed E-state index contributed by atoms with van der Waals surface area (Å²) in [7, 11) is 1.76. The maximum Gasteiger partial charge on any atom is 0.336 e. The molecule has 0 fully saturated rings. The first-order valence-electron chi connectivity index (χ1n) is 2.73. The molecule has 0 saturated carbocycles. The number of thiophene rings is 1. The van der Waals surface area contributed by atoms with Crippen molar-refractivity contribution >= 4 is 22.3 Å². The second-order valence-electron chi connectivity index (χ2n) is 1.75. The molecule has 0 unspecified atom stereocenters. The number of rotatable bonds is 2. The van der Waals surface area contributed by atoms with Crippen molar-refractivity contribution in [1.29, 1.82) is 0 Å². The van der Waals surface area contributed by atoms with Gasteiger partial charge in [0.2, 0.25) is 0 Å². The van der Waals surface area contributed by atoms with Crippen molar-refractivity contribution in [3.8, 4) is 0 Å². The van der Waals surface area contributed by atoms with Gasteiger partial charge >= 0.3 is 5.97 Å².